The number of hydrogen-bond acceptors (Lipinski definition) is 4. The van der Waals surface area contributed by atoms with E-state index in [4.69, 9.17) is 28.3 Å². The van der Waals surface area contributed by atoms with Gasteiger partial charge in [0, 0.05) is 5.56 Å². The minimum Gasteiger partial charge on any atom is -0.465 e. The van der Waals surface area contributed by atoms with Crippen LogP contribution in [0.2, 0.25) is 10.2 Å². The largest absolute Gasteiger partial charge is 0.465 e. The molecule has 0 fully saturated rings. The lowest BCUT2D eigenvalue weighted by atomic mass is 9.98. The van der Waals surface area contributed by atoms with Crippen LogP contribution in [0.4, 0.5) is 9.18 Å². The standard InChI is InChI=1S/C15H12Cl2FN3O3/c1-2-9(19-15(23)24)7-3-4-8(16)12(13(7)18)14(22)10-5-6-11(17)21-20-10/h3-6,9,19H,2H2,1H3,(H,23,24)/t9-/m1/s1. The first-order valence-corrected chi connectivity index (χ1v) is 7.62. The lowest BCUT2D eigenvalue weighted by Crippen LogP contribution is -2.27. The first-order valence-electron chi connectivity index (χ1n) is 6.86. The van der Waals surface area contributed by atoms with Crippen molar-refractivity contribution in [2.45, 2.75) is 19.4 Å². The summed E-state index contributed by atoms with van der Waals surface area (Å²) in [7, 11) is 0. The Morgan fingerprint density at radius 2 is 1.96 bits per heavy atom. The third-order valence-electron chi connectivity index (χ3n) is 3.29. The van der Waals surface area contributed by atoms with Gasteiger partial charge in [-0.15, -0.1) is 10.2 Å². The van der Waals surface area contributed by atoms with E-state index in [0.29, 0.717) is 6.42 Å². The van der Waals surface area contributed by atoms with Crippen LogP contribution in [0.1, 0.15) is 41.0 Å². The van der Waals surface area contributed by atoms with Crippen molar-refractivity contribution in [2.75, 3.05) is 0 Å². The lowest BCUT2D eigenvalue weighted by molar-refractivity contribution is 0.102. The van der Waals surface area contributed by atoms with Crippen LogP contribution in [0.5, 0.6) is 0 Å². The highest BCUT2D eigenvalue weighted by atomic mass is 35.5. The molecule has 0 saturated heterocycles. The molecular weight excluding hydrogens is 360 g/mol. The molecule has 0 radical (unpaired) electrons. The van der Waals surface area contributed by atoms with Gasteiger partial charge in [-0.1, -0.05) is 36.2 Å². The molecule has 2 aromatic rings. The monoisotopic (exact) mass is 371 g/mol. The highest BCUT2D eigenvalue weighted by Crippen LogP contribution is 2.29. The van der Waals surface area contributed by atoms with Crippen LogP contribution in [0.15, 0.2) is 24.3 Å². The summed E-state index contributed by atoms with van der Waals surface area (Å²) in [5, 5.41) is 18.2. The molecule has 0 saturated carbocycles. The summed E-state index contributed by atoms with van der Waals surface area (Å²) in [5.74, 6) is -1.67. The predicted octanol–water partition coefficient (Wildman–Crippen LogP) is 3.87. The number of carboxylic acid groups (broad SMARTS) is 1. The number of rotatable bonds is 5. The van der Waals surface area contributed by atoms with Crippen molar-refractivity contribution in [3.8, 4) is 0 Å². The van der Waals surface area contributed by atoms with Crippen LogP contribution in [0.3, 0.4) is 0 Å². The molecule has 0 aliphatic rings. The first kappa shape index (κ1) is 18.1. The SMILES string of the molecule is CC[C@@H](NC(=O)O)c1ccc(Cl)c(C(=O)c2ccc(Cl)nn2)c1F. The Labute approximate surface area is 146 Å². The van der Waals surface area contributed by atoms with E-state index in [1.807, 2.05) is 0 Å². The Kier molecular flexibility index (Phi) is 5.69. The molecule has 1 aromatic heterocycles. The number of carbonyl (C=O) groups is 2. The second kappa shape index (κ2) is 7.55. The molecule has 1 amide bonds. The number of hydrogen-bond donors (Lipinski definition) is 2. The smallest absolute Gasteiger partial charge is 0.405 e. The molecule has 9 heteroatoms. The Morgan fingerprint density at radius 3 is 2.50 bits per heavy atom. The Hall–Kier alpha value is -2.25. The zero-order valence-corrected chi connectivity index (χ0v) is 13.9. The minimum atomic E-state index is -1.30. The summed E-state index contributed by atoms with van der Waals surface area (Å²) in [4.78, 5) is 23.3. The van der Waals surface area contributed by atoms with Gasteiger partial charge >= 0.3 is 6.09 Å². The van der Waals surface area contributed by atoms with Gasteiger partial charge in [0.1, 0.15) is 11.5 Å². The second-order valence-electron chi connectivity index (χ2n) is 4.81. The van der Waals surface area contributed by atoms with Gasteiger partial charge in [-0.2, -0.15) is 0 Å². The van der Waals surface area contributed by atoms with E-state index in [-0.39, 0.29) is 21.4 Å². The summed E-state index contributed by atoms with van der Waals surface area (Å²) in [5.41, 5.74) is -0.498. The van der Waals surface area contributed by atoms with Gasteiger partial charge in [0.25, 0.3) is 0 Å². The second-order valence-corrected chi connectivity index (χ2v) is 5.60. The van der Waals surface area contributed by atoms with Gasteiger partial charge in [-0.25, -0.2) is 9.18 Å². The fourth-order valence-electron chi connectivity index (χ4n) is 2.16. The summed E-state index contributed by atoms with van der Waals surface area (Å²) >= 11 is 11.6. The van der Waals surface area contributed by atoms with Crippen LogP contribution in [0.25, 0.3) is 0 Å². The van der Waals surface area contributed by atoms with Crippen LogP contribution in [-0.2, 0) is 0 Å². The molecule has 0 aliphatic carbocycles. The molecule has 1 aromatic carbocycles. The molecule has 24 heavy (non-hydrogen) atoms. The van der Waals surface area contributed by atoms with Crippen molar-refractivity contribution in [1.82, 2.24) is 15.5 Å². The highest BCUT2D eigenvalue weighted by Gasteiger charge is 2.25. The number of halogens is 3. The maximum absolute atomic E-state index is 14.8. The van der Waals surface area contributed by atoms with E-state index < -0.39 is 29.3 Å². The molecule has 1 heterocycles. The zero-order valence-electron chi connectivity index (χ0n) is 12.4. The molecular formula is C15H12Cl2FN3O3. The molecule has 2 N–H and O–H groups in total. The van der Waals surface area contributed by atoms with Crippen molar-refractivity contribution >= 4 is 35.1 Å². The summed E-state index contributed by atoms with van der Waals surface area (Å²) < 4.78 is 14.8. The number of aromatic nitrogens is 2. The summed E-state index contributed by atoms with van der Waals surface area (Å²) in [6.07, 6.45) is -1.01. The maximum Gasteiger partial charge on any atom is 0.405 e. The molecule has 0 unspecified atom stereocenters. The Bertz CT molecular complexity index is 784. The minimum absolute atomic E-state index is 0.0228. The average Bonchev–Trinajstić information content (AvgIpc) is 2.53. The number of amides is 1. The van der Waals surface area contributed by atoms with Crippen molar-refractivity contribution < 1.29 is 19.1 Å². The molecule has 2 rings (SSSR count). The van der Waals surface area contributed by atoms with Crippen LogP contribution < -0.4 is 5.32 Å². The Morgan fingerprint density at radius 1 is 1.25 bits per heavy atom. The molecule has 0 spiro atoms. The third kappa shape index (κ3) is 3.80. The number of carbonyl (C=O) groups excluding carboxylic acids is 1. The normalized spacial score (nSPS) is 11.8. The van der Waals surface area contributed by atoms with Crippen molar-refractivity contribution in [3.05, 3.63) is 57.1 Å². The van der Waals surface area contributed by atoms with Gasteiger partial charge in [0.2, 0.25) is 5.78 Å². The number of ketones is 1. The Balaban J connectivity index is 2.50. The lowest BCUT2D eigenvalue weighted by Gasteiger charge is -2.18. The van der Waals surface area contributed by atoms with E-state index in [2.05, 4.69) is 15.5 Å². The predicted molar refractivity (Wildman–Crippen MR) is 86.1 cm³/mol. The van der Waals surface area contributed by atoms with Crippen molar-refractivity contribution in [2.24, 2.45) is 0 Å². The van der Waals surface area contributed by atoms with Crippen molar-refractivity contribution in [1.29, 1.82) is 0 Å². The van der Waals surface area contributed by atoms with Gasteiger partial charge in [-0.3, -0.25) is 4.79 Å². The molecule has 0 bridgehead atoms. The fourth-order valence-corrected chi connectivity index (χ4v) is 2.49. The maximum atomic E-state index is 14.8. The van der Waals surface area contributed by atoms with E-state index in [1.165, 1.54) is 24.3 Å². The quantitative estimate of drug-likeness (QED) is 0.778. The van der Waals surface area contributed by atoms with Gasteiger partial charge in [0.15, 0.2) is 5.15 Å². The van der Waals surface area contributed by atoms with E-state index in [9.17, 15) is 14.0 Å². The summed E-state index contributed by atoms with van der Waals surface area (Å²) in [6, 6.07) is 4.50. The van der Waals surface area contributed by atoms with Crippen LogP contribution in [0, 0.1) is 5.82 Å². The van der Waals surface area contributed by atoms with E-state index >= 15 is 0 Å². The van der Waals surface area contributed by atoms with Gasteiger partial charge in [0.05, 0.1) is 16.6 Å². The average molecular weight is 372 g/mol. The number of nitrogens with zero attached hydrogens (tertiary/aromatic N) is 2. The topological polar surface area (TPSA) is 92.2 Å². The number of nitrogens with one attached hydrogen (secondary N) is 1. The highest BCUT2D eigenvalue weighted by molar-refractivity contribution is 6.35. The molecule has 6 nitrogen and oxygen atoms in total. The third-order valence-corrected chi connectivity index (χ3v) is 3.81. The van der Waals surface area contributed by atoms with E-state index in [1.54, 1.807) is 6.92 Å². The van der Waals surface area contributed by atoms with Crippen LogP contribution in [-0.4, -0.2) is 27.2 Å². The molecule has 1 atom stereocenters. The summed E-state index contributed by atoms with van der Waals surface area (Å²) in [6.45, 7) is 1.68. The van der Waals surface area contributed by atoms with Crippen LogP contribution >= 0.6 is 23.2 Å². The molecule has 0 aliphatic heterocycles. The zero-order chi connectivity index (χ0) is 17.9. The van der Waals surface area contributed by atoms with Crippen molar-refractivity contribution in [3.63, 3.8) is 0 Å². The fraction of sp³-hybridized carbons (Fsp3) is 0.200. The van der Waals surface area contributed by atoms with Gasteiger partial charge < -0.3 is 10.4 Å². The van der Waals surface area contributed by atoms with Gasteiger partial charge in [-0.05, 0) is 24.6 Å². The van der Waals surface area contributed by atoms with E-state index in [0.717, 1.165) is 0 Å². The molecule has 126 valence electrons. The first-order chi connectivity index (χ1) is 11.3. The number of benzene rings is 1.